The second-order valence-electron chi connectivity index (χ2n) is 6.57. The smallest absolute Gasteiger partial charge is 0.308 e. The summed E-state index contributed by atoms with van der Waals surface area (Å²) in [7, 11) is 0. The molecule has 1 N–H and O–H groups in total. The number of carbonyl (C=O) groups is 3. The van der Waals surface area contributed by atoms with Gasteiger partial charge < -0.3 is 15.0 Å². The van der Waals surface area contributed by atoms with E-state index in [4.69, 9.17) is 27.9 Å². The van der Waals surface area contributed by atoms with Gasteiger partial charge in [-0.1, -0.05) is 37.0 Å². The first-order valence-electron chi connectivity index (χ1n) is 8.48. The molecule has 142 valence electrons. The number of piperazine rings is 1. The summed E-state index contributed by atoms with van der Waals surface area (Å²) in [6.07, 6.45) is 0.552. The average Bonchev–Trinajstić information content (AvgIpc) is 2.55. The third kappa shape index (κ3) is 5.61. The minimum Gasteiger partial charge on any atom is -0.466 e. The lowest BCUT2D eigenvalue weighted by molar-refractivity contribution is -0.148. The lowest BCUT2D eigenvalue weighted by atomic mass is 10.1. The molecule has 0 aliphatic carbocycles. The van der Waals surface area contributed by atoms with E-state index in [0.29, 0.717) is 35.7 Å². The highest BCUT2D eigenvalue weighted by atomic mass is 35.5. The van der Waals surface area contributed by atoms with Gasteiger partial charge >= 0.3 is 5.97 Å². The number of benzene rings is 1. The van der Waals surface area contributed by atoms with E-state index >= 15 is 0 Å². The molecule has 2 rings (SSSR count). The number of hydrogen-bond donors (Lipinski definition) is 1. The summed E-state index contributed by atoms with van der Waals surface area (Å²) in [5, 5.41) is 3.33. The molecule has 1 atom stereocenters. The van der Waals surface area contributed by atoms with E-state index in [1.165, 1.54) is 23.1 Å². The molecule has 0 radical (unpaired) electrons. The predicted molar refractivity (Wildman–Crippen MR) is 99.3 cm³/mol. The molecule has 0 spiro atoms. The van der Waals surface area contributed by atoms with Crippen LogP contribution in [-0.4, -0.2) is 48.4 Å². The van der Waals surface area contributed by atoms with Crippen LogP contribution in [0.5, 0.6) is 0 Å². The summed E-state index contributed by atoms with van der Waals surface area (Å²) >= 11 is 11.9. The zero-order valence-electron chi connectivity index (χ0n) is 14.8. The van der Waals surface area contributed by atoms with Gasteiger partial charge in [0.05, 0.1) is 13.0 Å². The number of nitrogens with zero attached hydrogens (tertiary/aromatic N) is 1. The van der Waals surface area contributed by atoms with Crippen molar-refractivity contribution in [2.24, 2.45) is 5.92 Å². The van der Waals surface area contributed by atoms with Crippen LogP contribution >= 0.6 is 23.2 Å². The minimum absolute atomic E-state index is 0.191. The Morgan fingerprint density at radius 2 is 1.92 bits per heavy atom. The van der Waals surface area contributed by atoms with Crippen LogP contribution in [0.3, 0.4) is 0 Å². The van der Waals surface area contributed by atoms with Crippen molar-refractivity contribution in [3.8, 4) is 0 Å². The first-order chi connectivity index (χ1) is 12.3. The lowest BCUT2D eigenvalue weighted by Crippen LogP contribution is -2.57. The van der Waals surface area contributed by atoms with Gasteiger partial charge in [-0.05, 0) is 30.5 Å². The topological polar surface area (TPSA) is 75.7 Å². The number of esters is 1. The van der Waals surface area contributed by atoms with Crippen molar-refractivity contribution in [3.05, 3.63) is 33.8 Å². The third-order valence-corrected chi connectivity index (χ3v) is 4.46. The number of nitrogens with one attached hydrogen (secondary N) is 1. The predicted octanol–water partition coefficient (Wildman–Crippen LogP) is 2.91. The van der Waals surface area contributed by atoms with Crippen molar-refractivity contribution >= 4 is 41.0 Å². The Hall–Kier alpha value is -1.79. The van der Waals surface area contributed by atoms with Gasteiger partial charge in [0.15, 0.2) is 0 Å². The Labute approximate surface area is 162 Å². The van der Waals surface area contributed by atoms with Gasteiger partial charge in [0.1, 0.15) is 6.04 Å². The van der Waals surface area contributed by atoms with E-state index < -0.39 is 17.9 Å². The van der Waals surface area contributed by atoms with Gasteiger partial charge in [0.2, 0.25) is 5.91 Å². The van der Waals surface area contributed by atoms with E-state index in [1.807, 2.05) is 13.8 Å². The summed E-state index contributed by atoms with van der Waals surface area (Å²) in [4.78, 5) is 38.5. The Balaban J connectivity index is 2.10. The summed E-state index contributed by atoms with van der Waals surface area (Å²) in [5.74, 6) is -0.871. The molecule has 1 aromatic carbocycles. The van der Waals surface area contributed by atoms with Crippen molar-refractivity contribution in [1.29, 1.82) is 0 Å². The molecule has 0 bridgehead atoms. The highest BCUT2D eigenvalue weighted by molar-refractivity contribution is 6.35. The Morgan fingerprint density at radius 3 is 2.54 bits per heavy atom. The number of rotatable bonds is 6. The third-order valence-electron chi connectivity index (χ3n) is 4.02. The number of halogens is 2. The van der Waals surface area contributed by atoms with Gasteiger partial charge in [-0.25, -0.2) is 0 Å². The van der Waals surface area contributed by atoms with Crippen LogP contribution in [0.4, 0.5) is 0 Å². The number of amides is 2. The van der Waals surface area contributed by atoms with Gasteiger partial charge in [0.25, 0.3) is 5.91 Å². The molecule has 1 heterocycles. The largest absolute Gasteiger partial charge is 0.466 e. The Bertz CT molecular complexity index is 674. The zero-order chi connectivity index (χ0) is 19.3. The molecule has 8 heteroatoms. The first kappa shape index (κ1) is 20.5. The first-order valence-corrected chi connectivity index (χ1v) is 9.24. The molecular weight excluding hydrogens is 379 g/mol. The average molecular weight is 401 g/mol. The van der Waals surface area contributed by atoms with Crippen molar-refractivity contribution < 1.29 is 19.1 Å². The molecule has 1 fully saturated rings. The second-order valence-corrected chi connectivity index (χ2v) is 7.44. The lowest BCUT2D eigenvalue weighted by Gasteiger charge is -2.34. The Morgan fingerprint density at radius 1 is 1.27 bits per heavy atom. The summed E-state index contributed by atoms with van der Waals surface area (Å²) in [6, 6.07) is 3.58. The van der Waals surface area contributed by atoms with E-state index in [0.717, 1.165) is 6.42 Å². The molecule has 1 unspecified atom stereocenters. The fraction of sp³-hybridized carbons (Fsp3) is 0.500. The fourth-order valence-corrected chi connectivity index (χ4v) is 3.16. The molecule has 1 aliphatic heterocycles. The molecule has 1 aromatic rings. The van der Waals surface area contributed by atoms with E-state index in [2.05, 4.69) is 5.32 Å². The van der Waals surface area contributed by atoms with E-state index in [9.17, 15) is 14.4 Å². The van der Waals surface area contributed by atoms with Crippen molar-refractivity contribution in [2.45, 2.75) is 32.7 Å². The van der Waals surface area contributed by atoms with Gasteiger partial charge in [-0.15, -0.1) is 0 Å². The quantitative estimate of drug-likeness (QED) is 0.744. The van der Waals surface area contributed by atoms with Crippen LogP contribution in [0.25, 0.3) is 0 Å². The highest BCUT2D eigenvalue weighted by Gasteiger charge is 2.35. The molecule has 6 nitrogen and oxygen atoms in total. The number of carbonyl (C=O) groups excluding carboxylic acids is 3. The maximum atomic E-state index is 12.8. The summed E-state index contributed by atoms with van der Waals surface area (Å²) in [6.45, 7) is 4.96. The van der Waals surface area contributed by atoms with Crippen LogP contribution < -0.4 is 5.32 Å². The fourth-order valence-electron chi connectivity index (χ4n) is 2.63. The molecule has 1 saturated heterocycles. The zero-order valence-corrected chi connectivity index (χ0v) is 16.3. The maximum Gasteiger partial charge on any atom is 0.308 e. The molecule has 0 saturated carbocycles. The SMILES string of the molecule is CC(C)CCOC(=O)CC1C(=O)NCCN1C(=O)c1cc(Cl)cc(Cl)c1. The standard InChI is InChI=1S/C18H22Cl2N2O4/c1-11(2)3-6-26-16(23)10-15-17(24)21-4-5-22(15)18(25)12-7-13(19)9-14(20)8-12/h7-9,11,15H,3-6,10H2,1-2H3,(H,21,24). The van der Waals surface area contributed by atoms with Gasteiger partial charge in [0, 0.05) is 28.7 Å². The van der Waals surface area contributed by atoms with Crippen LogP contribution in [0.15, 0.2) is 18.2 Å². The Kier molecular flexibility index (Phi) is 7.29. The molecule has 0 aromatic heterocycles. The maximum absolute atomic E-state index is 12.8. The monoisotopic (exact) mass is 400 g/mol. The van der Waals surface area contributed by atoms with Crippen LogP contribution in [0.1, 0.15) is 37.0 Å². The van der Waals surface area contributed by atoms with Crippen molar-refractivity contribution in [3.63, 3.8) is 0 Å². The molecule has 2 amide bonds. The van der Waals surface area contributed by atoms with Gasteiger partial charge in [-0.2, -0.15) is 0 Å². The highest BCUT2D eigenvalue weighted by Crippen LogP contribution is 2.22. The number of ether oxygens (including phenoxy) is 1. The van der Waals surface area contributed by atoms with E-state index in [-0.39, 0.29) is 17.9 Å². The molecule has 26 heavy (non-hydrogen) atoms. The van der Waals surface area contributed by atoms with Crippen LogP contribution in [0.2, 0.25) is 10.0 Å². The van der Waals surface area contributed by atoms with Gasteiger partial charge in [-0.3, -0.25) is 14.4 Å². The minimum atomic E-state index is -0.916. The number of hydrogen-bond acceptors (Lipinski definition) is 4. The second kappa shape index (κ2) is 9.24. The normalized spacial score (nSPS) is 17.2. The summed E-state index contributed by atoms with van der Waals surface area (Å²) in [5.41, 5.74) is 0.273. The van der Waals surface area contributed by atoms with Crippen LogP contribution in [-0.2, 0) is 14.3 Å². The molecular formula is C18H22Cl2N2O4. The van der Waals surface area contributed by atoms with Crippen molar-refractivity contribution in [1.82, 2.24) is 10.2 Å². The molecule has 1 aliphatic rings. The van der Waals surface area contributed by atoms with E-state index in [1.54, 1.807) is 0 Å². The van der Waals surface area contributed by atoms with Crippen LogP contribution in [0, 0.1) is 5.92 Å². The summed E-state index contributed by atoms with van der Waals surface area (Å²) < 4.78 is 5.18. The van der Waals surface area contributed by atoms with Crippen molar-refractivity contribution in [2.75, 3.05) is 19.7 Å².